The Hall–Kier alpha value is -3.13. The number of aromatic nitrogens is 4. The molecule has 2 aliphatic rings. The van der Waals surface area contributed by atoms with E-state index in [9.17, 15) is 4.79 Å². The zero-order valence-corrected chi connectivity index (χ0v) is 17.8. The zero-order chi connectivity index (χ0) is 22.8. The summed E-state index contributed by atoms with van der Waals surface area (Å²) in [6, 6.07) is 2.91. The van der Waals surface area contributed by atoms with Gasteiger partial charge in [0.2, 0.25) is 23.8 Å². The summed E-state index contributed by atoms with van der Waals surface area (Å²) in [5.41, 5.74) is 30.3. The molecule has 0 aliphatic carbocycles. The van der Waals surface area contributed by atoms with Gasteiger partial charge in [-0.25, -0.2) is 4.98 Å². The van der Waals surface area contributed by atoms with Crippen molar-refractivity contribution >= 4 is 29.6 Å². The third kappa shape index (κ3) is 5.19. The molecule has 2 aromatic heterocycles. The molecule has 32 heavy (non-hydrogen) atoms. The Kier molecular flexibility index (Phi) is 6.32. The van der Waals surface area contributed by atoms with Crippen LogP contribution in [0, 0.1) is 0 Å². The van der Waals surface area contributed by atoms with Crippen LogP contribution in [-0.2, 0) is 0 Å². The Labute approximate surface area is 185 Å². The molecule has 13 nitrogen and oxygen atoms in total. The second kappa shape index (κ2) is 9.16. The second-order valence-electron chi connectivity index (χ2n) is 8.50. The van der Waals surface area contributed by atoms with E-state index in [1.54, 1.807) is 12.1 Å². The minimum Gasteiger partial charge on any atom is -0.366 e. The van der Waals surface area contributed by atoms with Gasteiger partial charge in [-0.15, -0.1) is 0 Å². The Morgan fingerprint density at radius 3 is 1.75 bits per heavy atom. The molecule has 13 heteroatoms. The Bertz CT molecular complexity index is 890. The molecule has 0 bridgehead atoms. The molecule has 172 valence electrons. The molecule has 2 saturated heterocycles. The number of nitrogens with zero attached hydrogens (tertiary/aromatic N) is 6. The van der Waals surface area contributed by atoms with Crippen molar-refractivity contribution in [1.82, 2.24) is 19.9 Å². The lowest BCUT2D eigenvalue weighted by atomic mass is 10.0. The highest BCUT2D eigenvalue weighted by Crippen LogP contribution is 2.23. The summed E-state index contributed by atoms with van der Waals surface area (Å²) in [5.74, 6) is 1.13. The molecular weight excluding hydrogens is 412 g/mol. The predicted molar refractivity (Wildman–Crippen MR) is 121 cm³/mol. The van der Waals surface area contributed by atoms with Gasteiger partial charge in [0, 0.05) is 56.5 Å². The number of hydrogen-bond donors (Lipinski definition) is 6. The molecule has 0 spiro atoms. The molecule has 0 aromatic carbocycles. The van der Waals surface area contributed by atoms with Crippen molar-refractivity contribution in [3.8, 4) is 0 Å². The topological polar surface area (TPSA) is 217 Å². The molecule has 4 rings (SSSR count). The number of hydrogen-bond acceptors (Lipinski definition) is 12. The highest BCUT2D eigenvalue weighted by molar-refractivity contribution is 5.92. The van der Waals surface area contributed by atoms with Gasteiger partial charge in [0.15, 0.2) is 0 Å². The number of nitrogens with two attached hydrogens (primary N) is 5. The fourth-order valence-electron chi connectivity index (χ4n) is 4.10. The Balaban J connectivity index is 1.65. The molecule has 2 aromatic rings. The van der Waals surface area contributed by atoms with Gasteiger partial charge < -0.3 is 43.8 Å². The van der Waals surface area contributed by atoms with Crippen LogP contribution in [0.2, 0.25) is 0 Å². The highest BCUT2D eigenvalue weighted by atomic mass is 16.1. The SMILES string of the molecule is NC(=O)c1ccc(Nc2nc(N3CC(N)CC(N)C3)nc(N3CC(N)CC(N)C3)n2)nc1. The fourth-order valence-corrected chi connectivity index (χ4v) is 4.10. The molecule has 4 atom stereocenters. The van der Waals surface area contributed by atoms with Crippen molar-refractivity contribution < 1.29 is 4.79 Å². The smallest absolute Gasteiger partial charge is 0.250 e. The Morgan fingerprint density at radius 1 is 0.844 bits per heavy atom. The van der Waals surface area contributed by atoms with Crippen molar-refractivity contribution in [2.45, 2.75) is 37.0 Å². The van der Waals surface area contributed by atoms with Crippen LogP contribution < -0.4 is 43.8 Å². The lowest BCUT2D eigenvalue weighted by Gasteiger charge is -2.36. The highest BCUT2D eigenvalue weighted by Gasteiger charge is 2.28. The van der Waals surface area contributed by atoms with E-state index in [1.165, 1.54) is 6.20 Å². The van der Waals surface area contributed by atoms with E-state index >= 15 is 0 Å². The van der Waals surface area contributed by atoms with Crippen molar-refractivity contribution in [2.75, 3.05) is 41.3 Å². The average molecular weight is 443 g/mol. The van der Waals surface area contributed by atoms with Gasteiger partial charge in [0.05, 0.1) is 5.56 Å². The lowest BCUT2D eigenvalue weighted by molar-refractivity contribution is 0.1000. The molecule has 0 radical (unpaired) electrons. The summed E-state index contributed by atoms with van der Waals surface area (Å²) in [6.07, 6.45) is 2.87. The molecule has 2 fully saturated rings. The molecule has 4 unspecified atom stereocenters. The van der Waals surface area contributed by atoms with Crippen LogP contribution in [-0.4, -0.2) is 76.2 Å². The number of amides is 1. The van der Waals surface area contributed by atoms with E-state index in [2.05, 4.69) is 25.3 Å². The van der Waals surface area contributed by atoms with Gasteiger partial charge in [-0.1, -0.05) is 0 Å². The van der Waals surface area contributed by atoms with Crippen LogP contribution in [0.25, 0.3) is 0 Å². The lowest BCUT2D eigenvalue weighted by Crippen LogP contribution is -2.54. The molecule has 11 N–H and O–H groups in total. The minimum atomic E-state index is -0.552. The van der Waals surface area contributed by atoms with Crippen molar-refractivity contribution in [3.63, 3.8) is 0 Å². The van der Waals surface area contributed by atoms with Gasteiger partial charge in [0.1, 0.15) is 5.82 Å². The van der Waals surface area contributed by atoms with Gasteiger partial charge in [-0.3, -0.25) is 4.79 Å². The van der Waals surface area contributed by atoms with Crippen LogP contribution in [0.5, 0.6) is 0 Å². The van der Waals surface area contributed by atoms with Crippen LogP contribution in [0.15, 0.2) is 18.3 Å². The maximum Gasteiger partial charge on any atom is 0.250 e. The van der Waals surface area contributed by atoms with Crippen molar-refractivity contribution in [2.24, 2.45) is 28.7 Å². The van der Waals surface area contributed by atoms with E-state index in [4.69, 9.17) is 28.7 Å². The van der Waals surface area contributed by atoms with Crippen LogP contribution in [0.3, 0.4) is 0 Å². The quantitative estimate of drug-likeness (QED) is 0.292. The first-order valence-electron chi connectivity index (χ1n) is 10.6. The van der Waals surface area contributed by atoms with Crippen LogP contribution >= 0.6 is 0 Å². The molecular formula is C19H30N12O. The molecule has 0 saturated carbocycles. The number of rotatable bonds is 5. The van der Waals surface area contributed by atoms with E-state index < -0.39 is 5.91 Å². The van der Waals surface area contributed by atoms with E-state index in [1.807, 2.05) is 9.80 Å². The molecule has 2 aliphatic heterocycles. The second-order valence-corrected chi connectivity index (χ2v) is 8.50. The van der Waals surface area contributed by atoms with Crippen LogP contribution in [0.1, 0.15) is 23.2 Å². The average Bonchev–Trinajstić information content (AvgIpc) is 2.72. The van der Waals surface area contributed by atoms with E-state index in [-0.39, 0.29) is 24.2 Å². The predicted octanol–water partition coefficient (Wildman–Crippen LogP) is -2.16. The van der Waals surface area contributed by atoms with Gasteiger partial charge in [-0.05, 0) is 25.0 Å². The first-order chi connectivity index (χ1) is 15.3. The molecule has 1 amide bonds. The minimum absolute atomic E-state index is 0.0739. The first kappa shape index (κ1) is 22.1. The largest absolute Gasteiger partial charge is 0.366 e. The zero-order valence-electron chi connectivity index (χ0n) is 17.8. The summed E-state index contributed by atoms with van der Waals surface area (Å²) >= 11 is 0. The summed E-state index contributed by atoms with van der Waals surface area (Å²) < 4.78 is 0. The van der Waals surface area contributed by atoms with Crippen LogP contribution in [0.4, 0.5) is 23.7 Å². The number of pyridine rings is 1. The first-order valence-corrected chi connectivity index (χ1v) is 10.6. The van der Waals surface area contributed by atoms with Gasteiger partial charge in [0.25, 0.3) is 0 Å². The maximum absolute atomic E-state index is 11.3. The maximum atomic E-state index is 11.3. The number of piperidine rings is 2. The Morgan fingerprint density at radius 2 is 1.34 bits per heavy atom. The normalized spacial score (nSPS) is 26.1. The third-order valence-corrected chi connectivity index (χ3v) is 5.50. The van der Waals surface area contributed by atoms with Crippen molar-refractivity contribution in [1.29, 1.82) is 0 Å². The summed E-state index contributed by atoms with van der Waals surface area (Å²) in [6.45, 7) is 2.34. The third-order valence-electron chi connectivity index (χ3n) is 5.50. The summed E-state index contributed by atoms with van der Waals surface area (Å²) in [7, 11) is 0. The monoisotopic (exact) mass is 442 g/mol. The number of carbonyl (C=O) groups is 1. The standard InChI is InChI=1S/C19H30N12O/c20-11-3-12(21)7-30(6-11)18-27-17(26-15-2-1-10(5-25-15)16(24)32)28-19(29-18)31-8-13(22)4-14(23)9-31/h1-2,5,11-14H,3-4,6-9,20-23H2,(H2,24,32)(H,25,26,27,28,29). The summed E-state index contributed by atoms with van der Waals surface area (Å²) in [4.78, 5) is 33.3. The van der Waals surface area contributed by atoms with Crippen molar-refractivity contribution in [3.05, 3.63) is 23.9 Å². The number of primary amides is 1. The van der Waals surface area contributed by atoms with E-state index in [0.717, 1.165) is 12.8 Å². The number of anilines is 4. The fraction of sp³-hybridized carbons (Fsp3) is 0.526. The summed E-state index contributed by atoms with van der Waals surface area (Å²) in [5, 5.41) is 3.07. The number of carbonyl (C=O) groups excluding carboxylic acids is 1. The van der Waals surface area contributed by atoms with Gasteiger partial charge in [-0.2, -0.15) is 15.0 Å². The van der Waals surface area contributed by atoms with Gasteiger partial charge >= 0.3 is 0 Å². The molecule has 4 heterocycles. The van der Waals surface area contributed by atoms with E-state index in [0.29, 0.717) is 55.4 Å². The number of nitrogens with one attached hydrogen (secondary N) is 1.